The molecule has 0 heterocycles. The molecule has 2 heteroatoms. The van der Waals surface area contributed by atoms with Crippen LogP contribution in [0.25, 0.3) is 0 Å². The molecule has 0 aliphatic carbocycles. The van der Waals surface area contributed by atoms with Crippen molar-refractivity contribution in [2.75, 3.05) is 11.5 Å². The second-order valence-corrected chi connectivity index (χ2v) is 5.52. The van der Waals surface area contributed by atoms with Gasteiger partial charge in [-0.15, -0.1) is 0 Å². The van der Waals surface area contributed by atoms with E-state index in [1.807, 2.05) is 23.5 Å². The second kappa shape index (κ2) is 9.17. The zero-order valence-corrected chi connectivity index (χ0v) is 10.9. The summed E-state index contributed by atoms with van der Waals surface area (Å²) in [5.74, 6) is 6.00. The largest absolute Gasteiger partial charge is 0.157 e. The Hall–Kier alpha value is -0.0800. The molecule has 0 saturated heterocycles. The summed E-state index contributed by atoms with van der Waals surface area (Å²) in [7, 11) is 0. The highest BCUT2D eigenvalue weighted by atomic mass is 32.2. The first-order valence-corrected chi connectivity index (χ1v) is 7.68. The van der Waals surface area contributed by atoms with Gasteiger partial charge in [-0.25, -0.2) is 0 Å². The summed E-state index contributed by atoms with van der Waals surface area (Å²) in [6.45, 7) is 2.19. The molecule has 0 aromatic heterocycles. The smallest absolute Gasteiger partial charge is 0.0184 e. The Morgan fingerprint density at radius 3 is 2.67 bits per heavy atom. The highest BCUT2D eigenvalue weighted by molar-refractivity contribution is 8.01. The van der Waals surface area contributed by atoms with Crippen LogP contribution in [0.5, 0.6) is 0 Å². The maximum Gasteiger partial charge on any atom is 0.0184 e. The van der Waals surface area contributed by atoms with Gasteiger partial charge in [0.1, 0.15) is 0 Å². The number of thioether (sulfide) groups is 2. The molecule has 0 atom stereocenters. The maximum absolute atomic E-state index is 2.29. The summed E-state index contributed by atoms with van der Waals surface area (Å²) in [5, 5.41) is 0. The monoisotopic (exact) mass is 239 g/mol. The molecule has 1 rings (SSSR count). The van der Waals surface area contributed by atoms with Gasteiger partial charge in [0.2, 0.25) is 0 Å². The zero-order chi connectivity index (χ0) is 10.8. The van der Waals surface area contributed by atoms with Crippen molar-refractivity contribution in [1.82, 2.24) is 0 Å². The van der Waals surface area contributed by atoms with Gasteiger partial charge in [-0.05, 0) is 29.9 Å². The summed E-state index contributed by atoms with van der Waals surface area (Å²) in [5.41, 5.74) is 1.44. The molecule has 0 unspecified atom stereocenters. The van der Waals surface area contributed by atoms with E-state index >= 15 is 0 Å². The standard InChI is InChI=1S/C13H19S2/c1-2-9-14-10-6-11-15-12-13-7-4-3-5-8-13/h3-5,7-9H,2,6,10-12H2,1H3. The Kier molecular flexibility index (Phi) is 7.94. The van der Waals surface area contributed by atoms with Gasteiger partial charge in [-0.2, -0.15) is 23.5 Å². The summed E-state index contributed by atoms with van der Waals surface area (Å²) in [6.07, 6.45) is 2.50. The normalized spacial score (nSPS) is 10.5. The third-order valence-electron chi connectivity index (χ3n) is 1.95. The van der Waals surface area contributed by atoms with Crippen molar-refractivity contribution in [1.29, 1.82) is 0 Å². The van der Waals surface area contributed by atoms with Crippen LogP contribution >= 0.6 is 23.5 Å². The van der Waals surface area contributed by atoms with Crippen LogP contribution in [0, 0.1) is 5.75 Å². The molecule has 0 aliphatic heterocycles. The summed E-state index contributed by atoms with van der Waals surface area (Å²) in [4.78, 5) is 0. The number of hydrogen-bond acceptors (Lipinski definition) is 2. The van der Waals surface area contributed by atoms with Crippen LogP contribution in [0.3, 0.4) is 0 Å². The molecule has 83 valence electrons. The minimum atomic E-state index is 1.16. The fourth-order valence-electron chi connectivity index (χ4n) is 1.21. The molecule has 0 nitrogen and oxygen atoms in total. The molecule has 0 N–H and O–H groups in total. The van der Waals surface area contributed by atoms with Gasteiger partial charge in [-0.3, -0.25) is 0 Å². The summed E-state index contributed by atoms with van der Waals surface area (Å²) < 4.78 is 0. The SMILES string of the molecule is CC[CH]SCCCSCc1ccccc1. The highest BCUT2D eigenvalue weighted by Crippen LogP contribution is 2.15. The van der Waals surface area contributed by atoms with Gasteiger partial charge >= 0.3 is 0 Å². The lowest BCUT2D eigenvalue weighted by Crippen LogP contribution is -1.85. The minimum absolute atomic E-state index is 1.16. The third-order valence-corrected chi connectivity index (χ3v) is 4.16. The van der Waals surface area contributed by atoms with E-state index in [1.54, 1.807) is 0 Å². The lowest BCUT2D eigenvalue weighted by Gasteiger charge is -2.01. The van der Waals surface area contributed by atoms with Crippen LogP contribution < -0.4 is 0 Å². The molecule has 0 aliphatic rings. The minimum Gasteiger partial charge on any atom is -0.157 e. The number of hydrogen-bond donors (Lipinski definition) is 0. The predicted molar refractivity (Wildman–Crippen MR) is 74.3 cm³/mol. The molecule has 0 saturated carbocycles. The van der Waals surface area contributed by atoms with Gasteiger partial charge in [0.25, 0.3) is 0 Å². The van der Waals surface area contributed by atoms with Crippen molar-refractivity contribution in [3.8, 4) is 0 Å². The molecule has 0 bridgehead atoms. The van der Waals surface area contributed by atoms with Gasteiger partial charge in [0, 0.05) is 11.5 Å². The van der Waals surface area contributed by atoms with Crippen LogP contribution in [-0.2, 0) is 5.75 Å². The van der Waals surface area contributed by atoms with E-state index in [-0.39, 0.29) is 0 Å². The van der Waals surface area contributed by atoms with Gasteiger partial charge in [-0.1, -0.05) is 37.3 Å². The van der Waals surface area contributed by atoms with E-state index in [0.29, 0.717) is 0 Å². The zero-order valence-electron chi connectivity index (χ0n) is 9.32. The Labute approximate surface area is 102 Å². The van der Waals surface area contributed by atoms with E-state index in [4.69, 9.17) is 0 Å². The maximum atomic E-state index is 2.29. The number of benzene rings is 1. The first-order valence-electron chi connectivity index (χ1n) is 5.48. The molecule has 0 amide bonds. The molecule has 1 radical (unpaired) electrons. The first kappa shape index (κ1) is 13.0. The highest BCUT2D eigenvalue weighted by Gasteiger charge is 1.93. The van der Waals surface area contributed by atoms with Crippen molar-refractivity contribution in [2.45, 2.75) is 25.5 Å². The molecule has 0 fully saturated rings. The fraction of sp³-hybridized carbons (Fsp3) is 0.462. The Balaban J connectivity index is 1.93. The topological polar surface area (TPSA) is 0 Å². The van der Waals surface area contributed by atoms with Crippen LogP contribution in [0.1, 0.15) is 25.3 Å². The molecule has 1 aromatic carbocycles. The van der Waals surface area contributed by atoms with Crippen molar-refractivity contribution >= 4 is 23.5 Å². The van der Waals surface area contributed by atoms with Gasteiger partial charge < -0.3 is 0 Å². The van der Waals surface area contributed by atoms with E-state index in [9.17, 15) is 0 Å². The van der Waals surface area contributed by atoms with E-state index in [2.05, 4.69) is 43.0 Å². The molecule has 1 aromatic rings. The van der Waals surface area contributed by atoms with Crippen molar-refractivity contribution in [3.63, 3.8) is 0 Å². The van der Waals surface area contributed by atoms with E-state index < -0.39 is 0 Å². The second-order valence-electron chi connectivity index (χ2n) is 3.34. The molecule has 15 heavy (non-hydrogen) atoms. The molecule has 0 spiro atoms. The Morgan fingerprint density at radius 1 is 1.13 bits per heavy atom. The van der Waals surface area contributed by atoms with Gasteiger partial charge in [0.05, 0.1) is 0 Å². The van der Waals surface area contributed by atoms with E-state index in [0.717, 1.165) is 5.75 Å². The van der Waals surface area contributed by atoms with Crippen LogP contribution in [0.15, 0.2) is 30.3 Å². The Morgan fingerprint density at radius 2 is 1.93 bits per heavy atom. The fourth-order valence-corrected chi connectivity index (χ4v) is 3.03. The van der Waals surface area contributed by atoms with Crippen molar-refractivity contribution in [2.24, 2.45) is 0 Å². The van der Waals surface area contributed by atoms with Crippen LogP contribution in [0.4, 0.5) is 0 Å². The van der Waals surface area contributed by atoms with Crippen LogP contribution in [0.2, 0.25) is 0 Å². The van der Waals surface area contributed by atoms with E-state index in [1.165, 1.54) is 29.9 Å². The average Bonchev–Trinajstić information content (AvgIpc) is 2.29. The molecular weight excluding hydrogens is 220 g/mol. The summed E-state index contributed by atoms with van der Waals surface area (Å²) in [6, 6.07) is 10.7. The predicted octanol–water partition coefficient (Wildman–Crippen LogP) is 4.61. The first-order chi connectivity index (χ1) is 7.43. The van der Waals surface area contributed by atoms with Crippen molar-refractivity contribution < 1.29 is 0 Å². The lowest BCUT2D eigenvalue weighted by molar-refractivity contribution is 1.11. The van der Waals surface area contributed by atoms with Gasteiger partial charge in [0.15, 0.2) is 0 Å². The quantitative estimate of drug-likeness (QED) is 0.607. The number of rotatable bonds is 8. The average molecular weight is 239 g/mol. The Bertz CT molecular complexity index is 234. The lowest BCUT2D eigenvalue weighted by atomic mass is 10.2. The van der Waals surface area contributed by atoms with Crippen LogP contribution in [-0.4, -0.2) is 11.5 Å². The molecular formula is C13H19S2. The van der Waals surface area contributed by atoms with Crippen molar-refractivity contribution in [3.05, 3.63) is 41.6 Å². The third kappa shape index (κ3) is 6.91. The summed E-state index contributed by atoms with van der Waals surface area (Å²) >= 11 is 4.00.